The Morgan fingerprint density at radius 1 is 1.21 bits per heavy atom. The van der Waals surface area contributed by atoms with E-state index in [9.17, 15) is 9.59 Å². The topological polar surface area (TPSA) is 85.6 Å². The number of thiazole rings is 1. The van der Waals surface area contributed by atoms with Gasteiger partial charge < -0.3 is 10.1 Å². The summed E-state index contributed by atoms with van der Waals surface area (Å²) in [4.78, 5) is 35.2. The van der Waals surface area contributed by atoms with Gasteiger partial charge in [-0.05, 0) is 30.7 Å². The largest absolute Gasteiger partial charge is 0.497 e. The van der Waals surface area contributed by atoms with E-state index in [1.165, 1.54) is 17.5 Å². The summed E-state index contributed by atoms with van der Waals surface area (Å²) in [6, 6.07) is 10.7. The standard InChI is InChI=1S/C21H18N4O3S/c1-13-19(20(27)23-11-14-5-4-8-22-10-14)29-21-24-12-17(25(13)21)18(26)15-6-3-7-16(9-15)28-2/h3-10,12H,11H2,1-2H3,(H,23,27). The van der Waals surface area contributed by atoms with E-state index in [2.05, 4.69) is 15.3 Å². The van der Waals surface area contributed by atoms with Crippen molar-refractivity contribution >= 4 is 28.0 Å². The third kappa shape index (κ3) is 3.62. The average molecular weight is 406 g/mol. The third-order valence-corrected chi connectivity index (χ3v) is 5.69. The lowest BCUT2D eigenvalue weighted by molar-refractivity contribution is 0.0952. The number of hydrogen-bond acceptors (Lipinski definition) is 6. The summed E-state index contributed by atoms with van der Waals surface area (Å²) in [5, 5.41) is 2.89. The SMILES string of the molecule is COc1cccc(C(=O)c2cnc3sc(C(=O)NCc4cccnc4)c(C)n23)c1. The van der Waals surface area contributed by atoms with Gasteiger partial charge in [0, 0.05) is 30.2 Å². The van der Waals surface area contributed by atoms with E-state index in [1.54, 1.807) is 48.2 Å². The Morgan fingerprint density at radius 3 is 2.83 bits per heavy atom. The molecule has 0 saturated carbocycles. The number of methoxy groups -OCH3 is 1. The summed E-state index contributed by atoms with van der Waals surface area (Å²) in [5.41, 5.74) is 2.50. The van der Waals surface area contributed by atoms with Crippen LogP contribution in [0.1, 0.15) is 37.0 Å². The van der Waals surface area contributed by atoms with E-state index in [1.807, 2.05) is 19.1 Å². The van der Waals surface area contributed by atoms with Crippen molar-refractivity contribution < 1.29 is 14.3 Å². The number of rotatable bonds is 6. The minimum Gasteiger partial charge on any atom is -0.497 e. The monoisotopic (exact) mass is 406 g/mol. The Balaban J connectivity index is 1.62. The van der Waals surface area contributed by atoms with Crippen LogP contribution in [0.15, 0.2) is 55.0 Å². The first kappa shape index (κ1) is 18.8. The second-order valence-electron chi connectivity index (χ2n) is 6.38. The molecule has 1 N–H and O–H groups in total. The molecule has 4 rings (SSSR count). The van der Waals surface area contributed by atoms with Crippen LogP contribution in [0.2, 0.25) is 0 Å². The number of hydrogen-bond donors (Lipinski definition) is 1. The summed E-state index contributed by atoms with van der Waals surface area (Å²) in [7, 11) is 1.56. The number of carbonyl (C=O) groups excluding carboxylic acids is 2. The van der Waals surface area contributed by atoms with Gasteiger partial charge >= 0.3 is 0 Å². The molecule has 0 atom stereocenters. The predicted molar refractivity (Wildman–Crippen MR) is 110 cm³/mol. The van der Waals surface area contributed by atoms with Gasteiger partial charge in [0.15, 0.2) is 4.96 Å². The quantitative estimate of drug-likeness (QED) is 0.497. The summed E-state index contributed by atoms with van der Waals surface area (Å²) < 4.78 is 6.93. The Morgan fingerprint density at radius 2 is 2.07 bits per heavy atom. The molecule has 146 valence electrons. The molecule has 0 saturated heterocycles. The predicted octanol–water partition coefficient (Wildman–Crippen LogP) is 3.27. The number of amides is 1. The maximum atomic E-state index is 13.0. The lowest BCUT2D eigenvalue weighted by Crippen LogP contribution is -2.23. The Bertz CT molecular complexity index is 1200. The highest BCUT2D eigenvalue weighted by Crippen LogP contribution is 2.26. The summed E-state index contributed by atoms with van der Waals surface area (Å²) in [6.07, 6.45) is 4.93. The molecule has 0 aliphatic rings. The van der Waals surface area contributed by atoms with E-state index < -0.39 is 0 Å². The van der Waals surface area contributed by atoms with Gasteiger partial charge in [-0.2, -0.15) is 0 Å². The van der Waals surface area contributed by atoms with Crippen LogP contribution in [0, 0.1) is 6.92 Å². The van der Waals surface area contributed by atoms with Crippen molar-refractivity contribution in [1.82, 2.24) is 19.7 Å². The first-order valence-corrected chi connectivity index (χ1v) is 9.73. The molecule has 0 unspecified atom stereocenters. The summed E-state index contributed by atoms with van der Waals surface area (Å²) in [6.45, 7) is 2.19. The number of benzene rings is 1. The highest BCUT2D eigenvalue weighted by atomic mass is 32.1. The van der Waals surface area contributed by atoms with Crippen LogP contribution in [0.5, 0.6) is 5.75 Å². The third-order valence-electron chi connectivity index (χ3n) is 4.53. The summed E-state index contributed by atoms with van der Waals surface area (Å²) >= 11 is 1.26. The fourth-order valence-corrected chi connectivity index (χ4v) is 4.06. The van der Waals surface area contributed by atoms with Gasteiger partial charge in [-0.3, -0.25) is 19.0 Å². The molecule has 1 amide bonds. The van der Waals surface area contributed by atoms with Crippen molar-refractivity contribution in [3.05, 3.63) is 82.4 Å². The zero-order valence-corrected chi connectivity index (χ0v) is 16.7. The van der Waals surface area contributed by atoms with E-state index in [0.29, 0.717) is 39.1 Å². The van der Waals surface area contributed by atoms with Gasteiger partial charge in [-0.25, -0.2) is 4.98 Å². The normalized spacial score (nSPS) is 10.8. The number of imidazole rings is 1. The van der Waals surface area contributed by atoms with Crippen LogP contribution >= 0.6 is 11.3 Å². The molecular formula is C21H18N4O3S. The Kier molecular flexibility index (Phi) is 5.09. The van der Waals surface area contributed by atoms with Gasteiger partial charge in [0.25, 0.3) is 5.91 Å². The lowest BCUT2D eigenvalue weighted by atomic mass is 10.1. The minimum absolute atomic E-state index is 0.181. The van der Waals surface area contributed by atoms with E-state index in [-0.39, 0.29) is 11.7 Å². The second kappa shape index (κ2) is 7.84. The number of aryl methyl sites for hydroxylation is 1. The Labute approximate surface area is 171 Å². The van der Waals surface area contributed by atoms with Crippen LogP contribution in [0.4, 0.5) is 0 Å². The average Bonchev–Trinajstić information content (AvgIpc) is 3.32. The molecule has 4 aromatic rings. The van der Waals surface area contributed by atoms with Gasteiger partial charge in [0.1, 0.15) is 16.3 Å². The van der Waals surface area contributed by atoms with E-state index in [4.69, 9.17) is 4.74 Å². The van der Waals surface area contributed by atoms with Crippen LogP contribution in [-0.2, 0) is 6.54 Å². The maximum Gasteiger partial charge on any atom is 0.263 e. The number of nitrogens with zero attached hydrogens (tertiary/aromatic N) is 3. The lowest BCUT2D eigenvalue weighted by Gasteiger charge is -2.06. The molecule has 29 heavy (non-hydrogen) atoms. The molecule has 0 aliphatic heterocycles. The molecule has 1 aromatic carbocycles. The highest BCUT2D eigenvalue weighted by molar-refractivity contribution is 7.19. The van der Waals surface area contributed by atoms with Crippen molar-refractivity contribution in [3.8, 4) is 5.75 Å². The van der Waals surface area contributed by atoms with Gasteiger partial charge in [-0.15, -0.1) is 0 Å². The summed E-state index contributed by atoms with van der Waals surface area (Å²) in [5.74, 6) is 0.218. The first-order valence-electron chi connectivity index (χ1n) is 8.91. The van der Waals surface area contributed by atoms with E-state index >= 15 is 0 Å². The van der Waals surface area contributed by atoms with Crippen molar-refractivity contribution in [2.24, 2.45) is 0 Å². The number of ether oxygens (including phenoxy) is 1. The number of nitrogens with one attached hydrogen (secondary N) is 1. The molecule has 0 radical (unpaired) electrons. The molecule has 0 fully saturated rings. The molecule has 8 heteroatoms. The first-order chi connectivity index (χ1) is 14.1. The smallest absolute Gasteiger partial charge is 0.263 e. The zero-order chi connectivity index (χ0) is 20.4. The van der Waals surface area contributed by atoms with Crippen molar-refractivity contribution in [2.75, 3.05) is 7.11 Å². The fourth-order valence-electron chi connectivity index (χ4n) is 3.05. The Hall–Kier alpha value is -3.52. The fraction of sp³-hybridized carbons (Fsp3) is 0.143. The van der Waals surface area contributed by atoms with Crippen LogP contribution in [0.25, 0.3) is 4.96 Å². The van der Waals surface area contributed by atoms with Crippen LogP contribution in [-0.4, -0.2) is 33.2 Å². The number of carbonyl (C=O) groups is 2. The van der Waals surface area contributed by atoms with Crippen molar-refractivity contribution in [1.29, 1.82) is 0 Å². The minimum atomic E-state index is -0.207. The number of ketones is 1. The molecule has 3 heterocycles. The van der Waals surface area contributed by atoms with Crippen LogP contribution < -0.4 is 10.1 Å². The van der Waals surface area contributed by atoms with Gasteiger partial charge in [0.05, 0.1) is 13.3 Å². The molecule has 0 aliphatic carbocycles. The van der Waals surface area contributed by atoms with E-state index in [0.717, 1.165) is 5.56 Å². The highest BCUT2D eigenvalue weighted by Gasteiger charge is 2.22. The zero-order valence-electron chi connectivity index (χ0n) is 15.9. The molecular weight excluding hydrogens is 388 g/mol. The van der Waals surface area contributed by atoms with Crippen molar-refractivity contribution in [3.63, 3.8) is 0 Å². The molecule has 0 spiro atoms. The van der Waals surface area contributed by atoms with Crippen molar-refractivity contribution in [2.45, 2.75) is 13.5 Å². The number of pyridine rings is 1. The number of aromatic nitrogens is 3. The van der Waals surface area contributed by atoms with Gasteiger partial charge in [0.2, 0.25) is 5.78 Å². The number of fused-ring (bicyclic) bond motifs is 1. The molecule has 3 aromatic heterocycles. The van der Waals surface area contributed by atoms with Gasteiger partial charge in [-0.1, -0.05) is 29.5 Å². The molecule has 7 nitrogen and oxygen atoms in total. The molecule has 0 bridgehead atoms. The second-order valence-corrected chi connectivity index (χ2v) is 7.36. The maximum absolute atomic E-state index is 13.0. The van der Waals surface area contributed by atoms with Crippen LogP contribution in [0.3, 0.4) is 0 Å².